The maximum absolute atomic E-state index is 12.7. The smallest absolute Gasteiger partial charge is 0.317 e. The highest BCUT2D eigenvalue weighted by molar-refractivity contribution is 5.75. The molecule has 4 rings (SSSR count). The van der Waals surface area contributed by atoms with Crippen molar-refractivity contribution in [3.63, 3.8) is 0 Å². The van der Waals surface area contributed by atoms with Gasteiger partial charge in [-0.1, -0.05) is 23.8 Å². The van der Waals surface area contributed by atoms with Crippen LogP contribution in [0.5, 0.6) is 0 Å². The van der Waals surface area contributed by atoms with Gasteiger partial charge in [-0.3, -0.25) is 0 Å². The Morgan fingerprint density at radius 3 is 2.81 bits per heavy atom. The fraction of sp³-hybridized carbons (Fsp3) is 0.667. The van der Waals surface area contributed by atoms with Gasteiger partial charge in [-0.05, 0) is 49.7 Å². The van der Waals surface area contributed by atoms with Gasteiger partial charge in [-0.25, -0.2) is 4.79 Å². The summed E-state index contributed by atoms with van der Waals surface area (Å²) in [6.07, 6.45) is 4.28. The minimum Gasteiger partial charge on any atom is -0.381 e. The van der Waals surface area contributed by atoms with Crippen LogP contribution >= 0.6 is 0 Å². The predicted molar refractivity (Wildman–Crippen MR) is 102 cm³/mol. The zero-order valence-electron chi connectivity index (χ0n) is 15.9. The number of carbonyl (C=O) groups excluding carboxylic acids is 1. The number of hydrogen-bond acceptors (Lipinski definition) is 3. The molecule has 3 aliphatic rings. The molecule has 5 heteroatoms. The molecule has 1 N–H and O–H groups in total. The number of amides is 2. The van der Waals surface area contributed by atoms with Gasteiger partial charge in [0.1, 0.15) is 0 Å². The van der Waals surface area contributed by atoms with E-state index in [0.29, 0.717) is 12.0 Å². The van der Waals surface area contributed by atoms with Crippen LogP contribution in [0.15, 0.2) is 18.2 Å². The van der Waals surface area contributed by atoms with Gasteiger partial charge in [0.05, 0.1) is 6.61 Å². The quantitative estimate of drug-likeness (QED) is 0.904. The van der Waals surface area contributed by atoms with Gasteiger partial charge in [0, 0.05) is 45.4 Å². The summed E-state index contributed by atoms with van der Waals surface area (Å²) in [5.41, 5.74) is 4.00. The number of carbonyl (C=O) groups is 1. The summed E-state index contributed by atoms with van der Waals surface area (Å²) in [6, 6.07) is 7.01. The Labute approximate surface area is 156 Å². The molecule has 2 amide bonds. The molecule has 142 valence electrons. The van der Waals surface area contributed by atoms with Gasteiger partial charge < -0.3 is 19.9 Å². The Balaban J connectivity index is 1.23. The number of aryl methyl sites for hydroxylation is 1. The number of likely N-dealkylation sites (tertiary alicyclic amines) is 1. The van der Waals surface area contributed by atoms with Crippen LogP contribution in [0.25, 0.3) is 0 Å². The van der Waals surface area contributed by atoms with Crippen LogP contribution in [0.2, 0.25) is 0 Å². The van der Waals surface area contributed by atoms with Gasteiger partial charge in [0.25, 0.3) is 0 Å². The number of nitrogens with zero attached hydrogens (tertiary/aromatic N) is 2. The van der Waals surface area contributed by atoms with Gasteiger partial charge >= 0.3 is 6.03 Å². The maximum atomic E-state index is 12.7. The van der Waals surface area contributed by atoms with Crippen LogP contribution in [0.4, 0.5) is 4.79 Å². The minimum absolute atomic E-state index is 0.110. The van der Waals surface area contributed by atoms with E-state index in [4.69, 9.17) is 4.74 Å². The van der Waals surface area contributed by atoms with Crippen LogP contribution in [0.1, 0.15) is 36.0 Å². The SMILES string of the molecule is Cc1ccc2c(c1)CCN(C(=O)NC1CCN(CC3CCOC3)CC1)C2. The van der Waals surface area contributed by atoms with Gasteiger partial charge in [0.15, 0.2) is 0 Å². The molecule has 0 saturated carbocycles. The average molecular weight is 357 g/mol. The van der Waals surface area contributed by atoms with E-state index in [-0.39, 0.29) is 6.03 Å². The van der Waals surface area contributed by atoms with Gasteiger partial charge in [-0.2, -0.15) is 0 Å². The minimum atomic E-state index is 0.110. The van der Waals surface area contributed by atoms with Gasteiger partial charge in [-0.15, -0.1) is 0 Å². The topological polar surface area (TPSA) is 44.8 Å². The monoisotopic (exact) mass is 357 g/mol. The molecule has 3 heterocycles. The maximum Gasteiger partial charge on any atom is 0.317 e. The summed E-state index contributed by atoms with van der Waals surface area (Å²) in [6.45, 7) is 8.87. The normalized spacial score (nSPS) is 24.5. The number of hydrogen-bond donors (Lipinski definition) is 1. The van der Waals surface area contributed by atoms with Crippen molar-refractivity contribution in [2.75, 3.05) is 39.4 Å². The van der Waals surface area contributed by atoms with Crippen molar-refractivity contribution in [2.24, 2.45) is 5.92 Å². The molecule has 5 nitrogen and oxygen atoms in total. The Bertz CT molecular complexity index is 634. The summed E-state index contributed by atoms with van der Waals surface area (Å²) >= 11 is 0. The van der Waals surface area contributed by atoms with Crippen molar-refractivity contribution in [1.29, 1.82) is 0 Å². The highest BCUT2D eigenvalue weighted by Crippen LogP contribution is 2.21. The summed E-state index contributed by atoms with van der Waals surface area (Å²) < 4.78 is 5.48. The first-order valence-corrected chi connectivity index (χ1v) is 10.1. The molecule has 1 atom stereocenters. The zero-order valence-corrected chi connectivity index (χ0v) is 15.9. The highest BCUT2D eigenvalue weighted by atomic mass is 16.5. The molecule has 0 spiro atoms. The molecule has 0 aliphatic carbocycles. The number of rotatable bonds is 3. The van der Waals surface area contributed by atoms with E-state index in [0.717, 1.165) is 65.2 Å². The lowest BCUT2D eigenvalue weighted by Crippen LogP contribution is -2.50. The number of ether oxygens (including phenoxy) is 1. The van der Waals surface area contributed by atoms with E-state index in [1.54, 1.807) is 0 Å². The van der Waals surface area contributed by atoms with E-state index in [1.807, 2.05) is 4.90 Å². The number of nitrogens with one attached hydrogen (secondary N) is 1. The van der Waals surface area contributed by atoms with E-state index in [2.05, 4.69) is 35.3 Å². The third kappa shape index (κ3) is 4.21. The second-order valence-corrected chi connectivity index (χ2v) is 8.20. The molecule has 0 bridgehead atoms. The Hall–Kier alpha value is -1.59. The average Bonchev–Trinajstić information content (AvgIpc) is 3.16. The van der Waals surface area contributed by atoms with E-state index < -0.39 is 0 Å². The lowest BCUT2D eigenvalue weighted by Gasteiger charge is -2.35. The number of urea groups is 1. The lowest BCUT2D eigenvalue weighted by atomic mass is 9.98. The third-order valence-corrected chi connectivity index (χ3v) is 6.12. The molecule has 1 aromatic rings. The van der Waals surface area contributed by atoms with Crippen molar-refractivity contribution in [3.8, 4) is 0 Å². The van der Waals surface area contributed by atoms with Crippen LogP contribution in [0.3, 0.4) is 0 Å². The fourth-order valence-electron chi connectivity index (χ4n) is 4.47. The summed E-state index contributed by atoms with van der Waals surface area (Å²) in [7, 11) is 0. The number of fused-ring (bicyclic) bond motifs is 1. The highest BCUT2D eigenvalue weighted by Gasteiger charge is 2.27. The van der Waals surface area contributed by atoms with E-state index in [9.17, 15) is 4.79 Å². The van der Waals surface area contributed by atoms with Crippen molar-refractivity contribution in [1.82, 2.24) is 15.1 Å². The molecule has 3 aliphatic heterocycles. The molecule has 2 fully saturated rings. The van der Waals surface area contributed by atoms with Crippen LogP contribution < -0.4 is 5.32 Å². The molecule has 2 saturated heterocycles. The second-order valence-electron chi connectivity index (χ2n) is 8.20. The number of piperidine rings is 1. The zero-order chi connectivity index (χ0) is 17.9. The first-order chi connectivity index (χ1) is 12.7. The number of benzene rings is 1. The molecule has 0 radical (unpaired) electrons. The van der Waals surface area contributed by atoms with E-state index >= 15 is 0 Å². The second kappa shape index (κ2) is 7.97. The molecular weight excluding hydrogens is 326 g/mol. The molecule has 26 heavy (non-hydrogen) atoms. The first kappa shape index (κ1) is 17.8. The molecule has 0 aromatic heterocycles. The van der Waals surface area contributed by atoms with Crippen LogP contribution in [-0.2, 0) is 17.7 Å². The molecule has 1 aromatic carbocycles. The van der Waals surface area contributed by atoms with Crippen molar-refractivity contribution in [2.45, 2.75) is 45.2 Å². The largest absolute Gasteiger partial charge is 0.381 e. The van der Waals surface area contributed by atoms with Crippen molar-refractivity contribution >= 4 is 6.03 Å². The van der Waals surface area contributed by atoms with Gasteiger partial charge in [0.2, 0.25) is 0 Å². The third-order valence-electron chi connectivity index (χ3n) is 6.12. The van der Waals surface area contributed by atoms with Crippen molar-refractivity contribution < 1.29 is 9.53 Å². The van der Waals surface area contributed by atoms with Crippen molar-refractivity contribution in [3.05, 3.63) is 34.9 Å². The molecular formula is C21H31N3O2. The standard InChI is InChI=1S/C21H31N3O2/c1-16-2-3-19-14-24(10-4-18(19)12-16)21(25)22-20-5-8-23(9-6-20)13-17-7-11-26-15-17/h2-3,12,17,20H,4-11,13-15H2,1H3,(H,22,25). The Morgan fingerprint density at radius 2 is 2.04 bits per heavy atom. The van der Waals surface area contributed by atoms with Crippen LogP contribution in [0, 0.1) is 12.8 Å². The Kier molecular flexibility index (Phi) is 5.46. The fourth-order valence-corrected chi connectivity index (χ4v) is 4.47. The van der Waals surface area contributed by atoms with E-state index in [1.165, 1.54) is 23.1 Å². The molecule has 1 unspecified atom stereocenters. The summed E-state index contributed by atoms with van der Waals surface area (Å²) in [5, 5.41) is 3.28. The summed E-state index contributed by atoms with van der Waals surface area (Å²) in [4.78, 5) is 17.2. The predicted octanol–water partition coefficient (Wildman–Crippen LogP) is 2.56. The van der Waals surface area contributed by atoms with Crippen LogP contribution in [-0.4, -0.2) is 61.3 Å². The summed E-state index contributed by atoms with van der Waals surface area (Å²) in [5.74, 6) is 0.707. The first-order valence-electron chi connectivity index (χ1n) is 10.1. The lowest BCUT2D eigenvalue weighted by molar-refractivity contribution is 0.143. The Morgan fingerprint density at radius 1 is 1.19 bits per heavy atom.